The number of rotatable bonds is 11. The largest absolute Gasteiger partial charge is 0.494 e. The number of benzene rings is 1. The maximum absolute atomic E-state index is 12.1. The quantitative estimate of drug-likeness (QED) is 0.502. The number of anilines is 1. The number of hydrogen-bond acceptors (Lipinski definition) is 3. The Hall–Kier alpha value is -2.23. The lowest BCUT2D eigenvalue weighted by molar-refractivity contribution is -0.128. The molecule has 0 heterocycles. The molecule has 0 saturated carbocycles. The molecule has 0 saturated heterocycles. The van der Waals surface area contributed by atoms with Crippen LogP contribution in [0, 0.1) is 0 Å². The summed E-state index contributed by atoms with van der Waals surface area (Å²) in [6, 6.07) is 7.65. The highest BCUT2D eigenvalue weighted by molar-refractivity contribution is 5.81. The molecular weight excluding hydrogens is 276 g/mol. The van der Waals surface area contributed by atoms with Gasteiger partial charge in [-0.05, 0) is 30.7 Å². The summed E-state index contributed by atoms with van der Waals surface area (Å²) in [5, 5.41) is 3.12. The first-order valence-corrected chi connectivity index (χ1v) is 7.67. The van der Waals surface area contributed by atoms with Crippen LogP contribution in [0.25, 0.3) is 0 Å². The summed E-state index contributed by atoms with van der Waals surface area (Å²) in [6.45, 7) is 11.5. The molecule has 0 spiro atoms. The highest BCUT2D eigenvalue weighted by Crippen LogP contribution is 2.15. The lowest BCUT2D eigenvalue weighted by Crippen LogP contribution is -2.35. The minimum atomic E-state index is 0.0167. The average molecular weight is 302 g/mol. The number of amides is 1. The Balaban J connectivity index is 2.44. The molecule has 0 radical (unpaired) electrons. The molecule has 1 amide bonds. The SMILES string of the molecule is C=CCN(CC=C)C(=O)CNc1ccc(OCCCC)cc1. The molecular formula is C18H26N2O2. The van der Waals surface area contributed by atoms with Gasteiger partial charge in [-0.1, -0.05) is 25.5 Å². The second-order valence-electron chi connectivity index (χ2n) is 4.96. The summed E-state index contributed by atoms with van der Waals surface area (Å²) < 4.78 is 5.60. The molecule has 0 aromatic heterocycles. The second-order valence-corrected chi connectivity index (χ2v) is 4.96. The Morgan fingerprint density at radius 1 is 1.23 bits per heavy atom. The van der Waals surface area contributed by atoms with E-state index < -0.39 is 0 Å². The number of hydrogen-bond donors (Lipinski definition) is 1. The van der Waals surface area contributed by atoms with Gasteiger partial charge in [0.1, 0.15) is 5.75 Å². The normalized spacial score (nSPS) is 9.86. The Morgan fingerprint density at radius 3 is 2.41 bits per heavy atom. The Morgan fingerprint density at radius 2 is 1.86 bits per heavy atom. The van der Waals surface area contributed by atoms with E-state index in [2.05, 4.69) is 25.4 Å². The van der Waals surface area contributed by atoms with Crippen molar-refractivity contribution in [3.05, 3.63) is 49.6 Å². The van der Waals surface area contributed by atoms with E-state index in [1.807, 2.05) is 24.3 Å². The zero-order valence-electron chi connectivity index (χ0n) is 13.4. The van der Waals surface area contributed by atoms with Crippen molar-refractivity contribution in [3.8, 4) is 5.75 Å². The first-order chi connectivity index (χ1) is 10.7. The number of unbranched alkanes of at least 4 members (excludes halogenated alkanes) is 1. The van der Waals surface area contributed by atoms with Gasteiger partial charge in [-0.25, -0.2) is 0 Å². The molecule has 4 heteroatoms. The van der Waals surface area contributed by atoms with E-state index in [1.165, 1.54) is 0 Å². The van der Waals surface area contributed by atoms with E-state index in [-0.39, 0.29) is 12.5 Å². The first-order valence-electron chi connectivity index (χ1n) is 7.67. The molecule has 1 aromatic rings. The fraction of sp³-hybridized carbons (Fsp3) is 0.389. The second kappa shape index (κ2) is 10.5. The van der Waals surface area contributed by atoms with Crippen molar-refractivity contribution in [3.63, 3.8) is 0 Å². The predicted octanol–water partition coefficient (Wildman–Crippen LogP) is 3.48. The number of carbonyl (C=O) groups excluding carboxylic acids is 1. The lowest BCUT2D eigenvalue weighted by Gasteiger charge is -2.19. The fourth-order valence-corrected chi connectivity index (χ4v) is 1.88. The van der Waals surface area contributed by atoms with Gasteiger partial charge in [-0.15, -0.1) is 13.2 Å². The van der Waals surface area contributed by atoms with Crippen LogP contribution in [0.2, 0.25) is 0 Å². The molecule has 120 valence electrons. The van der Waals surface area contributed by atoms with Gasteiger partial charge in [0.2, 0.25) is 5.91 Å². The van der Waals surface area contributed by atoms with Gasteiger partial charge in [0.15, 0.2) is 0 Å². The van der Waals surface area contributed by atoms with Gasteiger partial charge in [0, 0.05) is 18.8 Å². The summed E-state index contributed by atoms with van der Waals surface area (Å²) in [4.78, 5) is 13.8. The fourth-order valence-electron chi connectivity index (χ4n) is 1.88. The Kier molecular flexibility index (Phi) is 8.50. The summed E-state index contributed by atoms with van der Waals surface area (Å²) >= 11 is 0. The van der Waals surface area contributed by atoms with Gasteiger partial charge in [-0.3, -0.25) is 4.79 Å². The predicted molar refractivity (Wildman–Crippen MR) is 92.3 cm³/mol. The van der Waals surface area contributed by atoms with Crippen molar-refractivity contribution >= 4 is 11.6 Å². The molecule has 22 heavy (non-hydrogen) atoms. The van der Waals surface area contributed by atoms with Crippen LogP contribution in [-0.2, 0) is 4.79 Å². The summed E-state index contributed by atoms with van der Waals surface area (Å²) in [5.41, 5.74) is 0.897. The third-order valence-electron chi connectivity index (χ3n) is 3.12. The molecule has 0 aliphatic rings. The van der Waals surface area contributed by atoms with Gasteiger partial charge in [0.25, 0.3) is 0 Å². The number of ether oxygens (including phenoxy) is 1. The zero-order valence-corrected chi connectivity index (χ0v) is 13.4. The van der Waals surface area contributed by atoms with Gasteiger partial charge < -0.3 is 15.0 Å². The van der Waals surface area contributed by atoms with Gasteiger partial charge in [-0.2, -0.15) is 0 Å². The maximum Gasteiger partial charge on any atom is 0.242 e. The molecule has 1 aromatic carbocycles. The standard InChI is InChI=1S/C18H26N2O2/c1-4-7-14-22-17-10-8-16(9-11-17)19-15-18(21)20(12-5-2)13-6-3/h5-6,8-11,19H,2-4,7,12-15H2,1H3. The van der Waals surface area contributed by atoms with E-state index in [1.54, 1.807) is 17.1 Å². The molecule has 0 unspecified atom stereocenters. The van der Waals surface area contributed by atoms with Crippen LogP contribution in [0.3, 0.4) is 0 Å². The lowest BCUT2D eigenvalue weighted by atomic mass is 10.3. The van der Waals surface area contributed by atoms with Crippen molar-refractivity contribution in [2.45, 2.75) is 19.8 Å². The highest BCUT2D eigenvalue weighted by atomic mass is 16.5. The number of carbonyl (C=O) groups is 1. The Bertz CT molecular complexity index is 458. The van der Waals surface area contributed by atoms with Crippen molar-refractivity contribution in [2.75, 3.05) is 31.6 Å². The van der Waals surface area contributed by atoms with Crippen LogP contribution in [0.4, 0.5) is 5.69 Å². The number of nitrogens with one attached hydrogen (secondary N) is 1. The van der Waals surface area contributed by atoms with E-state index >= 15 is 0 Å². The van der Waals surface area contributed by atoms with Gasteiger partial charge >= 0.3 is 0 Å². The van der Waals surface area contributed by atoms with Gasteiger partial charge in [0.05, 0.1) is 13.2 Å². The summed E-state index contributed by atoms with van der Waals surface area (Å²) in [6.07, 6.45) is 5.60. The average Bonchev–Trinajstić information content (AvgIpc) is 2.54. The highest BCUT2D eigenvalue weighted by Gasteiger charge is 2.09. The summed E-state index contributed by atoms with van der Waals surface area (Å²) in [5.74, 6) is 0.869. The maximum atomic E-state index is 12.1. The van der Waals surface area contributed by atoms with Crippen LogP contribution >= 0.6 is 0 Å². The van der Waals surface area contributed by atoms with E-state index in [4.69, 9.17) is 4.74 Å². The number of nitrogens with zero attached hydrogens (tertiary/aromatic N) is 1. The molecule has 1 rings (SSSR count). The van der Waals surface area contributed by atoms with Crippen LogP contribution in [0.5, 0.6) is 5.75 Å². The molecule has 0 bridgehead atoms. The topological polar surface area (TPSA) is 41.6 Å². The van der Waals surface area contributed by atoms with Crippen molar-refractivity contribution < 1.29 is 9.53 Å². The molecule has 0 fully saturated rings. The molecule has 1 N–H and O–H groups in total. The molecule has 0 aliphatic heterocycles. The van der Waals surface area contributed by atoms with Crippen LogP contribution in [0.15, 0.2) is 49.6 Å². The van der Waals surface area contributed by atoms with Crippen molar-refractivity contribution in [1.29, 1.82) is 0 Å². The van der Waals surface area contributed by atoms with Crippen molar-refractivity contribution in [2.24, 2.45) is 0 Å². The van der Waals surface area contributed by atoms with E-state index in [9.17, 15) is 4.79 Å². The van der Waals surface area contributed by atoms with Crippen LogP contribution in [-0.4, -0.2) is 37.0 Å². The molecule has 0 aliphatic carbocycles. The third kappa shape index (κ3) is 6.48. The first kappa shape index (κ1) is 17.8. The van der Waals surface area contributed by atoms with E-state index in [0.29, 0.717) is 13.1 Å². The molecule has 4 nitrogen and oxygen atoms in total. The summed E-state index contributed by atoms with van der Waals surface area (Å²) in [7, 11) is 0. The Labute approximate surface area is 133 Å². The van der Waals surface area contributed by atoms with E-state index in [0.717, 1.165) is 30.9 Å². The van der Waals surface area contributed by atoms with Crippen molar-refractivity contribution in [1.82, 2.24) is 4.90 Å². The van der Waals surface area contributed by atoms with Crippen LogP contribution < -0.4 is 10.1 Å². The monoisotopic (exact) mass is 302 g/mol. The third-order valence-corrected chi connectivity index (χ3v) is 3.12. The zero-order chi connectivity index (χ0) is 16.2. The van der Waals surface area contributed by atoms with Crippen LogP contribution in [0.1, 0.15) is 19.8 Å². The molecule has 0 atom stereocenters. The minimum absolute atomic E-state index is 0.0167. The minimum Gasteiger partial charge on any atom is -0.494 e. The smallest absolute Gasteiger partial charge is 0.242 e.